The third-order valence-electron chi connectivity index (χ3n) is 3.67. The van der Waals surface area contributed by atoms with Gasteiger partial charge in [0.1, 0.15) is 11.5 Å². The number of carbonyl (C=O) groups is 1. The van der Waals surface area contributed by atoms with E-state index in [0.29, 0.717) is 11.3 Å². The van der Waals surface area contributed by atoms with Gasteiger partial charge in [-0.25, -0.2) is 0 Å². The summed E-state index contributed by atoms with van der Waals surface area (Å²) in [4.78, 5) is 14.3. The van der Waals surface area contributed by atoms with Crippen LogP contribution in [0.5, 0.6) is 11.5 Å². The molecule has 19 heavy (non-hydrogen) atoms. The molecule has 0 bridgehead atoms. The van der Waals surface area contributed by atoms with E-state index in [0.717, 1.165) is 13.0 Å². The van der Waals surface area contributed by atoms with Gasteiger partial charge in [-0.3, -0.25) is 4.79 Å². The van der Waals surface area contributed by atoms with Crippen molar-refractivity contribution in [1.82, 2.24) is 4.90 Å². The van der Waals surface area contributed by atoms with Gasteiger partial charge in [0.25, 0.3) is 5.91 Å². The van der Waals surface area contributed by atoms with Gasteiger partial charge in [0.15, 0.2) is 0 Å². The Morgan fingerprint density at radius 1 is 1.47 bits per heavy atom. The molecule has 0 saturated carbocycles. The topological polar surface area (TPSA) is 49.8 Å². The molecule has 0 aliphatic carbocycles. The van der Waals surface area contributed by atoms with E-state index in [1.54, 1.807) is 12.1 Å². The molecule has 1 unspecified atom stereocenters. The highest BCUT2D eigenvalue weighted by atomic mass is 16.5. The van der Waals surface area contributed by atoms with Crippen molar-refractivity contribution in [3.05, 3.63) is 23.8 Å². The zero-order valence-corrected chi connectivity index (χ0v) is 11.9. The van der Waals surface area contributed by atoms with Crippen molar-refractivity contribution in [2.24, 2.45) is 5.41 Å². The lowest BCUT2D eigenvalue weighted by atomic mass is 9.91. The first kappa shape index (κ1) is 13.7. The van der Waals surface area contributed by atoms with Crippen LogP contribution in [0.15, 0.2) is 18.2 Å². The Morgan fingerprint density at radius 2 is 2.16 bits per heavy atom. The summed E-state index contributed by atoms with van der Waals surface area (Å²) in [5, 5.41) is 9.94. The third kappa shape index (κ3) is 2.67. The third-order valence-corrected chi connectivity index (χ3v) is 3.67. The van der Waals surface area contributed by atoms with Crippen molar-refractivity contribution in [3.8, 4) is 11.5 Å². The molecule has 4 nitrogen and oxygen atoms in total. The van der Waals surface area contributed by atoms with E-state index < -0.39 is 0 Å². The Balaban J connectivity index is 2.25. The number of benzene rings is 1. The average molecular weight is 263 g/mol. The fourth-order valence-electron chi connectivity index (χ4n) is 2.84. The SMILES string of the molecule is COc1ccc(C(=O)N2CC(C)(C)CC2C)c(O)c1. The number of phenols is 1. The molecule has 1 aliphatic rings. The van der Waals surface area contributed by atoms with E-state index in [1.807, 2.05) is 11.8 Å². The van der Waals surface area contributed by atoms with Gasteiger partial charge in [0.2, 0.25) is 0 Å². The van der Waals surface area contributed by atoms with Crippen molar-refractivity contribution in [2.75, 3.05) is 13.7 Å². The van der Waals surface area contributed by atoms with Crippen LogP contribution >= 0.6 is 0 Å². The molecule has 1 aliphatic heterocycles. The van der Waals surface area contributed by atoms with Gasteiger partial charge in [-0.1, -0.05) is 13.8 Å². The number of aromatic hydroxyl groups is 1. The zero-order valence-electron chi connectivity index (χ0n) is 11.9. The first-order chi connectivity index (χ1) is 8.84. The quantitative estimate of drug-likeness (QED) is 0.892. The van der Waals surface area contributed by atoms with Crippen molar-refractivity contribution in [2.45, 2.75) is 33.2 Å². The Bertz CT molecular complexity index is 496. The van der Waals surface area contributed by atoms with Gasteiger partial charge in [0.05, 0.1) is 12.7 Å². The van der Waals surface area contributed by atoms with Crippen LogP contribution in [0.4, 0.5) is 0 Å². The summed E-state index contributed by atoms with van der Waals surface area (Å²) in [5.74, 6) is 0.406. The number of carbonyl (C=O) groups excluding carboxylic acids is 1. The second kappa shape index (κ2) is 4.76. The molecule has 1 atom stereocenters. The molecule has 0 aromatic heterocycles. The van der Waals surface area contributed by atoms with E-state index in [2.05, 4.69) is 13.8 Å². The van der Waals surface area contributed by atoms with Gasteiger partial charge >= 0.3 is 0 Å². The maximum Gasteiger partial charge on any atom is 0.257 e. The van der Waals surface area contributed by atoms with Crippen molar-refractivity contribution >= 4 is 5.91 Å². The second-order valence-corrected chi connectivity index (χ2v) is 6.03. The fourth-order valence-corrected chi connectivity index (χ4v) is 2.84. The van der Waals surface area contributed by atoms with Crippen LogP contribution in [0.25, 0.3) is 0 Å². The van der Waals surface area contributed by atoms with Crippen LogP contribution in [-0.2, 0) is 0 Å². The number of likely N-dealkylation sites (tertiary alicyclic amines) is 1. The summed E-state index contributed by atoms with van der Waals surface area (Å²) in [7, 11) is 1.53. The smallest absolute Gasteiger partial charge is 0.257 e. The van der Waals surface area contributed by atoms with E-state index in [4.69, 9.17) is 4.74 Å². The fraction of sp³-hybridized carbons (Fsp3) is 0.533. The maximum atomic E-state index is 12.5. The Morgan fingerprint density at radius 3 is 2.63 bits per heavy atom. The molecule has 1 aromatic rings. The van der Waals surface area contributed by atoms with Gasteiger partial charge in [0, 0.05) is 18.7 Å². The monoisotopic (exact) mass is 263 g/mol. The predicted molar refractivity (Wildman–Crippen MR) is 73.6 cm³/mol. The molecule has 0 radical (unpaired) electrons. The summed E-state index contributed by atoms with van der Waals surface area (Å²) in [6.07, 6.45) is 0.982. The molecule has 1 fully saturated rings. The van der Waals surface area contributed by atoms with Crippen LogP contribution < -0.4 is 4.74 Å². The van der Waals surface area contributed by atoms with Gasteiger partial charge < -0.3 is 14.7 Å². The number of nitrogens with zero attached hydrogens (tertiary/aromatic N) is 1. The molecule has 1 N–H and O–H groups in total. The number of rotatable bonds is 2. The standard InChI is InChI=1S/C15H21NO3/c1-10-8-15(2,3)9-16(10)14(18)12-6-5-11(19-4)7-13(12)17/h5-7,10,17H,8-9H2,1-4H3. The van der Waals surface area contributed by atoms with Crippen LogP contribution in [0.2, 0.25) is 0 Å². The summed E-state index contributed by atoms with van der Waals surface area (Å²) in [6.45, 7) is 7.08. The van der Waals surface area contributed by atoms with E-state index in [1.165, 1.54) is 13.2 Å². The highest BCUT2D eigenvalue weighted by Gasteiger charge is 2.38. The lowest BCUT2D eigenvalue weighted by Gasteiger charge is -2.23. The lowest BCUT2D eigenvalue weighted by Crippen LogP contribution is -2.34. The Hall–Kier alpha value is -1.71. The zero-order chi connectivity index (χ0) is 14.2. The highest BCUT2D eigenvalue weighted by Crippen LogP contribution is 2.35. The van der Waals surface area contributed by atoms with Gasteiger partial charge in [-0.05, 0) is 30.9 Å². The maximum absolute atomic E-state index is 12.5. The number of phenolic OH excluding ortho intramolecular Hbond substituents is 1. The number of ether oxygens (including phenoxy) is 1. The molecule has 104 valence electrons. The summed E-state index contributed by atoms with van der Waals surface area (Å²) in [5.41, 5.74) is 0.474. The molecular formula is C15H21NO3. The normalized spacial score (nSPS) is 21.5. The molecule has 0 spiro atoms. The van der Waals surface area contributed by atoms with Crippen LogP contribution in [0, 0.1) is 5.41 Å². The largest absolute Gasteiger partial charge is 0.507 e. The number of methoxy groups -OCH3 is 1. The Kier molecular flexibility index (Phi) is 3.43. The second-order valence-electron chi connectivity index (χ2n) is 6.03. The minimum Gasteiger partial charge on any atom is -0.507 e. The summed E-state index contributed by atoms with van der Waals surface area (Å²) < 4.78 is 5.02. The molecule has 4 heteroatoms. The first-order valence-corrected chi connectivity index (χ1v) is 6.52. The molecule has 1 amide bonds. The Labute approximate surface area is 114 Å². The van der Waals surface area contributed by atoms with Crippen LogP contribution in [0.3, 0.4) is 0 Å². The van der Waals surface area contributed by atoms with Crippen molar-refractivity contribution < 1.29 is 14.6 Å². The molecular weight excluding hydrogens is 242 g/mol. The molecule has 1 saturated heterocycles. The average Bonchev–Trinajstić information content (AvgIpc) is 2.61. The van der Waals surface area contributed by atoms with Gasteiger partial charge in [-0.2, -0.15) is 0 Å². The van der Waals surface area contributed by atoms with E-state index in [-0.39, 0.29) is 23.1 Å². The van der Waals surface area contributed by atoms with Gasteiger partial charge in [-0.15, -0.1) is 0 Å². The highest BCUT2D eigenvalue weighted by molar-refractivity contribution is 5.97. The van der Waals surface area contributed by atoms with E-state index in [9.17, 15) is 9.90 Å². The molecule has 1 aromatic carbocycles. The number of amides is 1. The number of hydrogen-bond donors (Lipinski definition) is 1. The first-order valence-electron chi connectivity index (χ1n) is 6.52. The number of hydrogen-bond acceptors (Lipinski definition) is 3. The minimum atomic E-state index is -0.113. The van der Waals surface area contributed by atoms with Crippen molar-refractivity contribution in [3.63, 3.8) is 0 Å². The lowest BCUT2D eigenvalue weighted by molar-refractivity contribution is 0.0733. The molecule has 2 rings (SSSR count). The summed E-state index contributed by atoms with van der Waals surface area (Å²) >= 11 is 0. The van der Waals surface area contributed by atoms with Crippen LogP contribution in [0.1, 0.15) is 37.6 Å². The molecule has 1 heterocycles. The predicted octanol–water partition coefficient (Wildman–Crippen LogP) is 2.66. The minimum absolute atomic E-state index is 0.0266. The van der Waals surface area contributed by atoms with E-state index >= 15 is 0 Å². The van der Waals surface area contributed by atoms with Crippen molar-refractivity contribution in [1.29, 1.82) is 0 Å². The van der Waals surface area contributed by atoms with Crippen LogP contribution in [-0.4, -0.2) is 35.6 Å². The summed E-state index contributed by atoms with van der Waals surface area (Å²) in [6, 6.07) is 4.98.